The third-order valence-electron chi connectivity index (χ3n) is 3.52. The van der Waals surface area contributed by atoms with Crippen molar-refractivity contribution < 1.29 is 0 Å². The number of hydrogen-bond acceptors (Lipinski definition) is 2. The molecule has 1 saturated carbocycles. The van der Waals surface area contributed by atoms with E-state index in [1.807, 2.05) is 6.20 Å². The minimum Gasteiger partial charge on any atom is -0.250 e. The lowest BCUT2D eigenvalue weighted by Gasteiger charge is -2.33. The Morgan fingerprint density at radius 3 is 3.00 bits per heavy atom. The predicted molar refractivity (Wildman–Crippen MR) is 66.6 cm³/mol. The second-order valence-electron chi connectivity index (χ2n) is 4.47. The molecule has 1 heterocycles. The Bertz CT molecular complexity index is 286. The van der Waals surface area contributed by atoms with Crippen molar-refractivity contribution in [1.29, 1.82) is 0 Å². The monoisotopic (exact) mass is 243 g/mol. The molecule has 0 amide bonds. The van der Waals surface area contributed by atoms with Gasteiger partial charge in [-0.1, -0.05) is 13.3 Å². The molecule has 0 radical (unpaired) electrons. The van der Waals surface area contributed by atoms with Crippen LogP contribution in [0.5, 0.6) is 0 Å². The molecule has 0 saturated heterocycles. The van der Waals surface area contributed by atoms with Gasteiger partial charge in [0.15, 0.2) is 0 Å². The molecule has 3 heteroatoms. The van der Waals surface area contributed by atoms with Crippen LogP contribution < -0.4 is 0 Å². The molecule has 0 bridgehead atoms. The molecule has 1 aromatic rings. The van der Waals surface area contributed by atoms with Crippen LogP contribution >= 0.6 is 22.9 Å². The highest BCUT2D eigenvalue weighted by Gasteiger charge is 2.28. The molecule has 15 heavy (non-hydrogen) atoms. The first-order valence-corrected chi connectivity index (χ1v) is 7.13. The van der Waals surface area contributed by atoms with Crippen LogP contribution in [0.4, 0.5) is 0 Å². The van der Waals surface area contributed by atoms with Crippen molar-refractivity contribution in [3.63, 3.8) is 0 Å². The van der Waals surface area contributed by atoms with Crippen LogP contribution in [0.3, 0.4) is 0 Å². The summed E-state index contributed by atoms with van der Waals surface area (Å²) in [5, 5.41) is 3.75. The van der Waals surface area contributed by atoms with Crippen LogP contribution in [-0.2, 0) is 6.42 Å². The van der Waals surface area contributed by atoms with Crippen LogP contribution in [0.25, 0.3) is 0 Å². The van der Waals surface area contributed by atoms with Crippen LogP contribution in [-0.4, -0.2) is 10.4 Å². The molecule has 0 N–H and O–H groups in total. The Kier molecular flexibility index (Phi) is 4.04. The van der Waals surface area contributed by atoms with E-state index in [-0.39, 0.29) is 0 Å². The van der Waals surface area contributed by atoms with Gasteiger partial charge in [0.05, 0.1) is 5.01 Å². The SMILES string of the molecule is CCC1CCC(Cl)CC1Cc1nccs1. The first-order valence-electron chi connectivity index (χ1n) is 5.82. The van der Waals surface area contributed by atoms with Gasteiger partial charge in [0.25, 0.3) is 0 Å². The van der Waals surface area contributed by atoms with Crippen molar-refractivity contribution in [2.75, 3.05) is 0 Å². The van der Waals surface area contributed by atoms with Gasteiger partial charge in [0.2, 0.25) is 0 Å². The summed E-state index contributed by atoms with van der Waals surface area (Å²) < 4.78 is 0. The zero-order chi connectivity index (χ0) is 10.7. The second kappa shape index (κ2) is 5.31. The van der Waals surface area contributed by atoms with Crippen molar-refractivity contribution >= 4 is 22.9 Å². The predicted octanol–water partition coefficient (Wildman–Crippen LogP) is 4.12. The van der Waals surface area contributed by atoms with Gasteiger partial charge in [0, 0.05) is 23.4 Å². The van der Waals surface area contributed by atoms with Gasteiger partial charge in [-0.2, -0.15) is 0 Å². The Labute approximate surface area is 101 Å². The number of rotatable bonds is 3. The fourth-order valence-corrected chi connectivity index (χ4v) is 3.70. The van der Waals surface area contributed by atoms with Crippen molar-refractivity contribution in [2.45, 2.75) is 44.4 Å². The fraction of sp³-hybridized carbons (Fsp3) is 0.750. The molecular weight excluding hydrogens is 226 g/mol. The van der Waals surface area contributed by atoms with Gasteiger partial charge in [0.1, 0.15) is 0 Å². The van der Waals surface area contributed by atoms with E-state index in [1.165, 1.54) is 30.7 Å². The lowest BCUT2D eigenvalue weighted by atomic mass is 9.76. The second-order valence-corrected chi connectivity index (χ2v) is 6.07. The van der Waals surface area contributed by atoms with Crippen molar-refractivity contribution in [3.8, 4) is 0 Å². The zero-order valence-corrected chi connectivity index (χ0v) is 10.7. The van der Waals surface area contributed by atoms with Crippen LogP contribution in [0, 0.1) is 11.8 Å². The molecule has 84 valence electrons. The smallest absolute Gasteiger partial charge is 0.0927 e. The Hall–Kier alpha value is -0.0800. The maximum Gasteiger partial charge on any atom is 0.0927 e. The van der Waals surface area contributed by atoms with Crippen molar-refractivity contribution in [2.24, 2.45) is 11.8 Å². The first kappa shape index (κ1) is 11.4. The van der Waals surface area contributed by atoms with Gasteiger partial charge in [-0.3, -0.25) is 0 Å². The number of halogens is 1. The maximum absolute atomic E-state index is 6.26. The number of aromatic nitrogens is 1. The zero-order valence-electron chi connectivity index (χ0n) is 9.16. The number of alkyl halides is 1. The molecular formula is C12H18ClNS. The van der Waals surface area contributed by atoms with Gasteiger partial charge < -0.3 is 0 Å². The fourth-order valence-electron chi connectivity index (χ4n) is 2.63. The number of hydrogen-bond donors (Lipinski definition) is 0. The number of thiazole rings is 1. The van der Waals surface area contributed by atoms with Crippen molar-refractivity contribution in [3.05, 3.63) is 16.6 Å². The third kappa shape index (κ3) is 2.94. The van der Waals surface area contributed by atoms with Crippen molar-refractivity contribution in [1.82, 2.24) is 4.98 Å². The summed E-state index contributed by atoms with van der Waals surface area (Å²) in [4.78, 5) is 4.38. The van der Waals surface area contributed by atoms with Gasteiger partial charge in [-0.15, -0.1) is 22.9 Å². The average molecular weight is 244 g/mol. The molecule has 0 aromatic carbocycles. The quantitative estimate of drug-likeness (QED) is 0.728. The lowest BCUT2D eigenvalue weighted by molar-refractivity contribution is 0.232. The summed E-state index contributed by atoms with van der Waals surface area (Å²) in [7, 11) is 0. The molecule has 0 spiro atoms. The van der Waals surface area contributed by atoms with Crippen LogP contribution in [0.1, 0.15) is 37.6 Å². The maximum atomic E-state index is 6.26. The Balaban J connectivity index is 1.98. The molecule has 1 aliphatic carbocycles. The summed E-state index contributed by atoms with van der Waals surface area (Å²) in [6, 6.07) is 0. The van der Waals surface area contributed by atoms with E-state index in [0.717, 1.165) is 18.3 Å². The van der Waals surface area contributed by atoms with Crippen LogP contribution in [0.15, 0.2) is 11.6 Å². The van der Waals surface area contributed by atoms with E-state index < -0.39 is 0 Å². The van der Waals surface area contributed by atoms with E-state index in [2.05, 4.69) is 17.3 Å². The molecule has 3 unspecified atom stereocenters. The molecule has 2 rings (SSSR count). The van der Waals surface area contributed by atoms with Gasteiger partial charge in [-0.05, 0) is 31.1 Å². The van der Waals surface area contributed by atoms with E-state index in [1.54, 1.807) is 11.3 Å². The summed E-state index contributed by atoms with van der Waals surface area (Å²) in [6.45, 7) is 2.30. The topological polar surface area (TPSA) is 12.9 Å². The normalized spacial score (nSPS) is 31.7. The minimum absolute atomic E-state index is 0.401. The Morgan fingerprint density at radius 1 is 1.47 bits per heavy atom. The highest BCUT2D eigenvalue weighted by molar-refractivity contribution is 7.09. The minimum atomic E-state index is 0.401. The summed E-state index contributed by atoms with van der Waals surface area (Å²) in [5.74, 6) is 1.63. The number of nitrogens with zero attached hydrogens (tertiary/aromatic N) is 1. The third-order valence-corrected chi connectivity index (χ3v) is 4.72. The Morgan fingerprint density at radius 2 is 2.33 bits per heavy atom. The molecule has 0 aliphatic heterocycles. The van der Waals surface area contributed by atoms with E-state index in [9.17, 15) is 0 Å². The first-order chi connectivity index (χ1) is 7.29. The highest BCUT2D eigenvalue weighted by atomic mass is 35.5. The van der Waals surface area contributed by atoms with Gasteiger partial charge in [-0.25, -0.2) is 4.98 Å². The molecule has 1 fully saturated rings. The van der Waals surface area contributed by atoms with Gasteiger partial charge >= 0.3 is 0 Å². The largest absolute Gasteiger partial charge is 0.250 e. The molecule has 1 aromatic heterocycles. The summed E-state index contributed by atoms with van der Waals surface area (Å²) in [5.41, 5.74) is 0. The highest BCUT2D eigenvalue weighted by Crippen LogP contribution is 2.36. The van der Waals surface area contributed by atoms with E-state index in [4.69, 9.17) is 11.6 Å². The molecule has 1 nitrogen and oxygen atoms in total. The van der Waals surface area contributed by atoms with E-state index >= 15 is 0 Å². The lowest BCUT2D eigenvalue weighted by Crippen LogP contribution is -2.26. The molecule has 1 aliphatic rings. The summed E-state index contributed by atoms with van der Waals surface area (Å²) >= 11 is 8.03. The average Bonchev–Trinajstić information content (AvgIpc) is 2.71. The van der Waals surface area contributed by atoms with Crippen LogP contribution in [0.2, 0.25) is 0 Å². The summed E-state index contributed by atoms with van der Waals surface area (Å²) in [6.07, 6.45) is 8.02. The standard InChI is InChI=1S/C12H18ClNS/c1-2-9-3-4-11(13)7-10(9)8-12-14-5-6-15-12/h5-6,9-11H,2-4,7-8H2,1H3. The molecule has 3 atom stereocenters. The van der Waals surface area contributed by atoms with E-state index in [0.29, 0.717) is 5.38 Å².